The minimum Gasteiger partial charge on any atom is -0.319 e. The molecule has 0 aliphatic rings. The lowest BCUT2D eigenvalue weighted by Crippen LogP contribution is -2.31. The highest BCUT2D eigenvalue weighted by molar-refractivity contribution is 5.30. The van der Waals surface area contributed by atoms with Crippen LogP contribution in [-0.4, -0.2) is 13.6 Å². The van der Waals surface area contributed by atoms with Crippen LogP contribution in [0.2, 0.25) is 0 Å². The van der Waals surface area contributed by atoms with E-state index in [0.717, 1.165) is 13.0 Å². The molecule has 1 nitrogen and oxygen atoms in total. The molecule has 1 heteroatoms. The molecule has 0 heterocycles. The molecule has 0 aliphatic heterocycles. The zero-order chi connectivity index (χ0) is 13.1. The number of benzene rings is 1. The summed E-state index contributed by atoms with van der Waals surface area (Å²) in [5.74, 6) is 0.676. The van der Waals surface area contributed by atoms with Crippen molar-refractivity contribution < 1.29 is 0 Å². The second kappa shape index (κ2) is 5.68. The van der Waals surface area contributed by atoms with E-state index in [1.165, 1.54) is 16.7 Å². The predicted octanol–water partition coefficient (Wildman–Crippen LogP) is 3.73. The van der Waals surface area contributed by atoms with Gasteiger partial charge in [0.25, 0.3) is 0 Å². The van der Waals surface area contributed by atoms with Crippen molar-refractivity contribution in [2.45, 2.75) is 41.0 Å². The molecule has 0 radical (unpaired) electrons. The maximum Gasteiger partial charge on any atom is -0.00153 e. The van der Waals surface area contributed by atoms with Gasteiger partial charge in [-0.25, -0.2) is 0 Å². The van der Waals surface area contributed by atoms with Gasteiger partial charge in [-0.3, -0.25) is 0 Å². The van der Waals surface area contributed by atoms with E-state index in [4.69, 9.17) is 0 Å². The fourth-order valence-corrected chi connectivity index (χ4v) is 2.15. The molecule has 1 unspecified atom stereocenters. The lowest BCUT2D eigenvalue weighted by molar-refractivity contribution is 0.235. The van der Waals surface area contributed by atoms with Crippen LogP contribution < -0.4 is 5.32 Å². The van der Waals surface area contributed by atoms with Crippen LogP contribution in [0, 0.1) is 25.2 Å². The third-order valence-electron chi connectivity index (χ3n) is 3.73. The molecule has 0 fully saturated rings. The maximum atomic E-state index is 3.32. The van der Waals surface area contributed by atoms with Gasteiger partial charge in [-0.2, -0.15) is 0 Å². The van der Waals surface area contributed by atoms with Crippen molar-refractivity contribution in [3.05, 3.63) is 34.9 Å². The molecular weight excluding hydrogens is 206 g/mol. The molecule has 96 valence electrons. The Morgan fingerprint density at radius 1 is 1.12 bits per heavy atom. The van der Waals surface area contributed by atoms with Crippen LogP contribution >= 0.6 is 0 Å². The Balaban J connectivity index is 2.82. The second-order valence-electron chi connectivity index (χ2n) is 6.24. The predicted molar refractivity (Wildman–Crippen MR) is 76.5 cm³/mol. The van der Waals surface area contributed by atoms with Crippen LogP contribution in [-0.2, 0) is 6.42 Å². The Labute approximate surface area is 107 Å². The maximum absolute atomic E-state index is 3.32. The summed E-state index contributed by atoms with van der Waals surface area (Å²) in [7, 11) is 2.04. The van der Waals surface area contributed by atoms with Crippen molar-refractivity contribution >= 4 is 0 Å². The minimum atomic E-state index is 0.349. The van der Waals surface area contributed by atoms with Crippen LogP contribution in [0.5, 0.6) is 0 Å². The van der Waals surface area contributed by atoms with Gasteiger partial charge in [-0.1, -0.05) is 39.0 Å². The molecule has 17 heavy (non-hydrogen) atoms. The Morgan fingerprint density at radius 3 is 2.24 bits per heavy atom. The van der Waals surface area contributed by atoms with E-state index < -0.39 is 0 Å². The number of hydrogen-bond acceptors (Lipinski definition) is 1. The standard InChI is InChI=1S/C16H27N/c1-12-7-8-14(9-13(12)2)10-15(11-17-6)16(3,4)5/h7-9,15,17H,10-11H2,1-6H3. The SMILES string of the molecule is CNCC(Cc1ccc(C)c(C)c1)C(C)(C)C. The average Bonchev–Trinajstić information content (AvgIpc) is 2.21. The minimum absolute atomic E-state index is 0.349. The highest BCUT2D eigenvalue weighted by atomic mass is 14.8. The molecule has 1 N–H and O–H groups in total. The fourth-order valence-electron chi connectivity index (χ4n) is 2.15. The van der Waals surface area contributed by atoms with Gasteiger partial charge < -0.3 is 5.32 Å². The zero-order valence-corrected chi connectivity index (χ0v) is 12.2. The number of rotatable bonds is 4. The monoisotopic (exact) mass is 233 g/mol. The summed E-state index contributed by atoms with van der Waals surface area (Å²) in [4.78, 5) is 0. The lowest BCUT2D eigenvalue weighted by atomic mass is 9.77. The van der Waals surface area contributed by atoms with Crippen molar-refractivity contribution in [3.63, 3.8) is 0 Å². The third-order valence-corrected chi connectivity index (χ3v) is 3.73. The molecule has 1 atom stereocenters. The molecular formula is C16H27N. The van der Waals surface area contributed by atoms with Crippen molar-refractivity contribution in [2.75, 3.05) is 13.6 Å². The first-order valence-corrected chi connectivity index (χ1v) is 6.55. The van der Waals surface area contributed by atoms with Gasteiger partial charge in [0.15, 0.2) is 0 Å². The number of nitrogens with one attached hydrogen (secondary N) is 1. The highest BCUT2D eigenvalue weighted by Gasteiger charge is 2.24. The lowest BCUT2D eigenvalue weighted by Gasteiger charge is -2.31. The van der Waals surface area contributed by atoms with Gasteiger partial charge in [-0.05, 0) is 61.9 Å². The van der Waals surface area contributed by atoms with Gasteiger partial charge in [0.05, 0.1) is 0 Å². The quantitative estimate of drug-likeness (QED) is 0.835. The van der Waals surface area contributed by atoms with Crippen LogP contribution in [0.25, 0.3) is 0 Å². The summed E-state index contributed by atoms with van der Waals surface area (Å²) in [5, 5.41) is 3.32. The summed E-state index contributed by atoms with van der Waals surface area (Å²) in [6.45, 7) is 12.4. The van der Waals surface area contributed by atoms with E-state index >= 15 is 0 Å². The van der Waals surface area contributed by atoms with Crippen molar-refractivity contribution in [3.8, 4) is 0 Å². The van der Waals surface area contributed by atoms with Crippen LogP contribution in [0.4, 0.5) is 0 Å². The summed E-state index contributed by atoms with van der Waals surface area (Å²) >= 11 is 0. The molecule has 0 saturated heterocycles. The first-order chi connectivity index (χ1) is 7.84. The van der Waals surface area contributed by atoms with Gasteiger partial charge in [0.1, 0.15) is 0 Å². The average molecular weight is 233 g/mol. The van der Waals surface area contributed by atoms with Gasteiger partial charge in [0.2, 0.25) is 0 Å². The summed E-state index contributed by atoms with van der Waals surface area (Å²) in [6, 6.07) is 6.85. The molecule has 1 aromatic carbocycles. The Bertz CT molecular complexity index is 360. The van der Waals surface area contributed by atoms with Crippen molar-refractivity contribution in [2.24, 2.45) is 11.3 Å². The number of aryl methyl sites for hydroxylation is 2. The van der Waals surface area contributed by atoms with E-state index in [2.05, 4.69) is 58.1 Å². The first-order valence-electron chi connectivity index (χ1n) is 6.55. The largest absolute Gasteiger partial charge is 0.319 e. The third kappa shape index (κ3) is 4.16. The molecule has 0 aromatic heterocycles. The fraction of sp³-hybridized carbons (Fsp3) is 0.625. The number of hydrogen-bond donors (Lipinski definition) is 1. The molecule has 1 rings (SSSR count). The Kier molecular flexibility index (Phi) is 4.76. The normalized spacial score (nSPS) is 13.8. The highest BCUT2D eigenvalue weighted by Crippen LogP contribution is 2.29. The van der Waals surface area contributed by atoms with E-state index in [0.29, 0.717) is 11.3 Å². The van der Waals surface area contributed by atoms with Crippen molar-refractivity contribution in [1.29, 1.82) is 0 Å². The summed E-state index contributed by atoms with van der Waals surface area (Å²) in [6.07, 6.45) is 1.16. The van der Waals surface area contributed by atoms with E-state index in [1.807, 2.05) is 7.05 Å². The van der Waals surface area contributed by atoms with Gasteiger partial charge >= 0.3 is 0 Å². The molecule has 0 aliphatic carbocycles. The van der Waals surface area contributed by atoms with E-state index in [-0.39, 0.29) is 0 Å². The summed E-state index contributed by atoms with van der Waals surface area (Å²) < 4.78 is 0. The van der Waals surface area contributed by atoms with Gasteiger partial charge in [0, 0.05) is 0 Å². The summed E-state index contributed by atoms with van der Waals surface area (Å²) in [5.41, 5.74) is 4.60. The van der Waals surface area contributed by atoms with E-state index in [9.17, 15) is 0 Å². The van der Waals surface area contributed by atoms with Crippen molar-refractivity contribution in [1.82, 2.24) is 5.32 Å². The second-order valence-corrected chi connectivity index (χ2v) is 6.24. The topological polar surface area (TPSA) is 12.0 Å². The Morgan fingerprint density at radius 2 is 1.76 bits per heavy atom. The molecule has 0 amide bonds. The van der Waals surface area contributed by atoms with Gasteiger partial charge in [-0.15, -0.1) is 0 Å². The Hall–Kier alpha value is -0.820. The first kappa shape index (κ1) is 14.2. The van der Waals surface area contributed by atoms with Crippen LogP contribution in [0.3, 0.4) is 0 Å². The molecule has 1 aromatic rings. The van der Waals surface area contributed by atoms with Crippen LogP contribution in [0.1, 0.15) is 37.5 Å². The zero-order valence-electron chi connectivity index (χ0n) is 12.2. The van der Waals surface area contributed by atoms with Crippen LogP contribution in [0.15, 0.2) is 18.2 Å². The smallest absolute Gasteiger partial charge is 0.00153 e. The molecule has 0 bridgehead atoms. The molecule has 0 saturated carbocycles. The molecule has 0 spiro atoms. The van der Waals surface area contributed by atoms with E-state index in [1.54, 1.807) is 0 Å².